The summed E-state index contributed by atoms with van der Waals surface area (Å²) in [5.74, 6) is -2.38. The molecule has 0 radical (unpaired) electrons. The number of aromatic nitrogens is 1. The minimum Gasteiger partial charge on any atom is -0.368 e. The van der Waals surface area contributed by atoms with Gasteiger partial charge in [0, 0.05) is 94.3 Å². The highest BCUT2D eigenvalue weighted by Crippen LogP contribution is 2.46. The number of pyridine rings is 1. The van der Waals surface area contributed by atoms with Crippen LogP contribution in [0.2, 0.25) is 5.02 Å². The quantitative estimate of drug-likeness (QED) is 0.283. The standard InChI is InChI=1S/C42H43ClFN9O5/c1-25-20-42(24-52(25)27-4-5-33(45-2)31(43)17-27)9-11-50(12-10-42)36-7-3-26(21-46-36)39(56)51-22-28(23-51)48-13-15-49(16-14-48)35-19-30-29(18-32(35)44)40(57)53(41(30)58)34-6-8-37(54)47-38(34)55/h3-5,7,17-19,21,25,28,34H,6,8-16,20,22-24H2,1H3,(H,47,54,55)/t25-,34?/m0/s1. The van der Waals surface area contributed by atoms with Crippen LogP contribution in [0.4, 0.5) is 27.3 Å². The summed E-state index contributed by atoms with van der Waals surface area (Å²) < 4.78 is 15.4. The number of benzene rings is 2. The SMILES string of the molecule is [C-]#[N+]c1ccc(N2CC3(CCN(c4ccc(C(=O)N5CC(N6CCN(c7cc8c(cc7F)C(=O)N(C7CCC(=O)NC7=O)C8=O)CC6)C5)cn4)CC3)C[C@@H]2C)cc1Cl. The summed E-state index contributed by atoms with van der Waals surface area (Å²) in [5, 5.41) is 2.66. The van der Waals surface area contributed by atoms with E-state index in [0.717, 1.165) is 61.4 Å². The summed E-state index contributed by atoms with van der Waals surface area (Å²) in [6, 6.07) is 11.4. The van der Waals surface area contributed by atoms with E-state index in [9.17, 15) is 24.0 Å². The number of carbonyl (C=O) groups excluding carboxylic acids is 5. The number of fused-ring (bicyclic) bond motifs is 1. The Hall–Kier alpha value is -5.59. The average Bonchev–Trinajstić information content (AvgIpc) is 3.65. The van der Waals surface area contributed by atoms with Gasteiger partial charge in [-0.05, 0) is 74.4 Å². The number of carbonyl (C=O) groups is 5. The van der Waals surface area contributed by atoms with Crippen LogP contribution in [0.5, 0.6) is 0 Å². The summed E-state index contributed by atoms with van der Waals surface area (Å²) >= 11 is 6.37. The number of rotatable bonds is 6. The largest absolute Gasteiger partial charge is 0.368 e. The van der Waals surface area contributed by atoms with Gasteiger partial charge in [-0.2, -0.15) is 0 Å². The van der Waals surface area contributed by atoms with E-state index in [1.807, 2.05) is 34.1 Å². The van der Waals surface area contributed by atoms with Crippen LogP contribution < -0.4 is 20.0 Å². The summed E-state index contributed by atoms with van der Waals surface area (Å²) in [5.41, 5.74) is 2.49. The lowest BCUT2D eigenvalue weighted by molar-refractivity contribution is -0.136. The molecule has 14 nitrogen and oxygen atoms in total. The van der Waals surface area contributed by atoms with Gasteiger partial charge in [-0.15, -0.1) is 0 Å². The molecule has 0 bridgehead atoms. The maximum absolute atomic E-state index is 15.4. The highest BCUT2D eigenvalue weighted by atomic mass is 35.5. The normalized spacial score (nSPS) is 23.7. The van der Waals surface area contributed by atoms with Crippen molar-refractivity contribution in [3.63, 3.8) is 0 Å². The molecule has 300 valence electrons. The minimum atomic E-state index is -1.11. The number of piperazine rings is 1. The molecule has 7 heterocycles. The molecule has 5 fully saturated rings. The lowest BCUT2D eigenvalue weighted by Crippen LogP contribution is -2.64. The van der Waals surface area contributed by atoms with Crippen molar-refractivity contribution in [3.05, 3.63) is 87.6 Å². The molecule has 5 saturated heterocycles. The van der Waals surface area contributed by atoms with Crippen molar-refractivity contribution in [2.24, 2.45) is 5.41 Å². The third-order valence-electron chi connectivity index (χ3n) is 13.1. The van der Waals surface area contributed by atoms with Gasteiger partial charge in [-0.1, -0.05) is 17.7 Å². The number of hydrogen-bond donors (Lipinski definition) is 1. The van der Waals surface area contributed by atoms with Crippen LogP contribution >= 0.6 is 11.6 Å². The summed E-state index contributed by atoms with van der Waals surface area (Å²) in [7, 11) is 0. The minimum absolute atomic E-state index is 0.00653. The van der Waals surface area contributed by atoms with E-state index in [1.165, 1.54) is 6.07 Å². The molecule has 1 unspecified atom stereocenters. The second-order valence-electron chi connectivity index (χ2n) is 16.5. The number of nitrogens with one attached hydrogen (secondary N) is 1. The van der Waals surface area contributed by atoms with Crippen LogP contribution in [0.15, 0.2) is 48.7 Å². The van der Waals surface area contributed by atoms with Crippen molar-refractivity contribution in [2.75, 3.05) is 73.6 Å². The maximum Gasteiger partial charge on any atom is 0.262 e. The number of imide groups is 2. The molecule has 6 aliphatic rings. The summed E-state index contributed by atoms with van der Waals surface area (Å²) in [6.45, 7) is 15.7. The van der Waals surface area contributed by atoms with Gasteiger partial charge < -0.3 is 19.6 Å². The third kappa shape index (κ3) is 6.61. The highest BCUT2D eigenvalue weighted by Gasteiger charge is 2.47. The fourth-order valence-electron chi connectivity index (χ4n) is 9.79. The van der Waals surface area contributed by atoms with Crippen molar-refractivity contribution in [2.45, 2.75) is 57.2 Å². The lowest BCUT2D eigenvalue weighted by Gasteiger charge is -2.48. The average molecular weight is 808 g/mol. The van der Waals surface area contributed by atoms with E-state index in [2.05, 4.69) is 31.8 Å². The maximum atomic E-state index is 15.4. The van der Waals surface area contributed by atoms with Crippen molar-refractivity contribution < 1.29 is 28.4 Å². The number of amides is 5. The second-order valence-corrected chi connectivity index (χ2v) is 16.9. The Morgan fingerprint density at radius 2 is 1.67 bits per heavy atom. The van der Waals surface area contributed by atoms with Crippen LogP contribution in [0.3, 0.4) is 0 Å². The predicted molar refractivity (Wildman–Crippen MR) is 214 cm³/mol. The molecule has 2 atom stereocenters. The van der Waals surface area contributed by atoms with Gasteiger partial charge in [0.05, 0.1) is 28.9 Å². The molecule has 0 saturated carbocycles. The Labute approximate surface area is 340 Å². The Morgan fingerprint density at radius 1 is 0.948 bits per heavy atom. The van der Waals surface area contributed by atoms with Crippen LogP contribution in [0.25, 0.3) is 4.85 Å². The fraction of sp³-hybridized carbons (Fsp3) is 0.452. The van der Waals surface area contributed by atoms with Crippen molar-refractivity contribution in [1.82, 2.24) is 25.0 Å². The molecule has 9 rings (SSSR count). The molecule has 1 spiro atoms. The molecule has 1 aromatic heterocycles. The second kappa shape index (κ2) is 14.7. The number of piperidine rings is 2. The van der Waals surface area contributed by atoms with Crippen LogP contribution in [0, 0.1) is 17.8 Å². The smallest absolute Gasteiger partial charge is 0.262 e. The van der Waals surface area contributed by atoms with Crippen LogP contribution in [0.1, 0.15) is 70.1 Å². The molecule has 58 heavy (non-hydrogen) atoms. The van der Waals surface area contributed by atoms with Crippen molar-refractivity contribution >= 4 is 64.0 Å². The van der Waals surface area contributed by atoms with Gasteiger partial charge in [-0.25, -0.2) is 14.2 Å². The summed E-state index contributed by atoms with van der Waals surface area (Å²) in [6.07, 6.45) is 4.90. The van der Waals surface area contributed by atoms with E-state index >= 15 is 4.39 Å². The first-order valence-corrected chi connectivity index (χ1v) is 20.3. The summed E-state index contributed by atoms with van der Waals surface area (Å²) in [4.78, 5) is 83.6. The molecule has 6 aliphatic heterocycles. The van der Waals surface area contributed by atoms with Crippen LogP contribution in [-0.2, 0) is 9.59 Å². The van der Waals surface area contributed by atoms with E-state index in [4.69, 9.17) is 23.2 Å². The van der Waals surface area contributed by atoms with Gasteiger partial charge in [0.2, 0.25) is 17.5 Å². The van der Waals surface area contributed by atoms with E-state index in [0.29, 0.717) is 61.6 Å². The van der Waals surface area contributed by atoms with Gasteiger partial charge in [-0.3, -0.25) is 39.1 Å². The lowest BCUT2D eigenvalue weighted by atomic mass is 9.77. The first-order valence-electron chi connectivity index (χ1n) is 19.9. The van der Waals surface area contributed by atoms with Crippen LogP contribution in [-0.4, -0.2) is 126 Å². The van der Waals surface area contributed by atoms with Gasteiger partial charge >= 0.3 is 0 Å². The third-order valence-corrected chi connectivity index (χ3v) is 13.4. The van der Waals surface area contributed by atoms with E-state index < -0.39 is 35.5 Å². The number of likely N-dealkylation sites (tertiary alicyclic amines) is 1. The zero-order valence-electron chi connectivity index (χ0n) is 32.1. The Balaban J connectivity index is 0.750. The Bertz CT molecular complexity index is 2260. The number of halogens is 2. The molecule has 0 aliphatic carbocycles. The molecule has 1 N–H and O–H groups in total. The first-order chi connectivity index (χ1) is 27.9. The zero-order valence-corrected chi connectivity index (χ0v) is 32.9. The monoisotopic (exact) mass is 807 g/mol. The van der Waals surface area contributed by atoms with E-state index in [1.54, 1.807) is 12.3 Å². The zero-order chi connectivity index (χ0) is 40.5. The number of anilines is 3. The van der Waals surface area contributed by atoms with E-state index in [-0.39, 0.29) is 47.0 Å². The number of nitrogens with zero attached hydrogens (tertiary/aromatic N) is 8. The molecular weight excluding hydrogens is 765 g/mol. The first kappa shape index (κ1) is 38.0. The molecule has 5 amide bonds. The molecule has 16 heteroatoms. The topological polar surface area (TPSA) is 134 Å². The fourth-order valence-corrected chi connectivity index (χ4v) is 10.0. The van der Waals surface area contributed by atoms with Crippen molar-refractivity contribution in [1.29, 1.82) is 0 Å². The predicted octanol–water partition coefficient (Wildman–Crippen LogP) is 4.36. The van der Waals surface area contributed by atoms with Gasteiger partial charge in [0.1, 0.15) is 17.7 Å². The molecule has 3 aromatic rings. The highest BCUT2D eigenvalue weighted by molar-refractivity contribution is 6.33. The molecular formula is C42H43ClFN9O5. The Morgan fingerprint density at radius 3 is 2.33 bits per heavy atom. The Kier molecular flexibility index (Phi) is 9.59. The van der Waals surface area contributed by atoms with Gasteiger partial charge in [0.25, 0.3) is 17.7 Å². The number of hydrogen-bond acceptors (Lipinski definition) is 10. The molecule has 2 aromatic carbocycles. The van der Waals surface area contributed by atoms with Crippen molar-refractivity contribution in [3.8, 4) is 0 Å². The van der Waals surface area contributed by atoms with Gasteiger partial charge in [0.15, 0.2) is 0 Å².